The molecule has 0 amide bonds. The van der Waals surface area contributed by atoms with Crippen LogP contribution in [0.4, 0.5) is 4.39 Å². The zero-order chi connectivity index (χ0) is 15.5. The lowest BCUT2D eigenvalue weighted by atomic mass is 10.0. The smallest absolute Gasteiger partial charge is 0.123 e. The average molecular weight is 298 g/mol. The molecule has 0 saturated carbocycles. The maximum absolute atomic E-state index is 13.6. The first kappa shape index (κ1) is 14.8. The molecule has 2 atom stereocenters. The number of nitrogens with zero attached hydrogens (tertiary/aromatic N) is 1. The molecule has 1 aromatic heterocycles. The van der Waals surface area contributed by atoms with Crippen molar-refractivity contribution in [2.75, 3.05) is 13.6 Å². The first-order valence-electron chi connectivity index (χ1n) is 7.34. The van der Waals surface area contributed by atoms with Crippen molar-refractivity contribution in [1.82, 2.24) is 9.88 Å². The Hall–Kier alpha value is -2.17. The summed E-state index contributed by atoms with van der Waals surface area (Å²) in [5.74, 6) is -0.296. The third kappa shape index (κ3) is 2.75. The number of benzene rings is 2. The predicted octanol–water partition coefficient (Wildman–Crippen LogP) is 2.95. The summed E-state index contributed by atoms with van der Waals surface area (Å²) in [5.41, 5.74) is 1.77. The second-order valence-electron chi connectivity index (χ2n) is 5.41. The van der Waals surface area contributed by atoms with Gasteiger partial charge in [-0.1, -0.05) is 30.3 Å². The fourth-order valence-electron chi connectivity index (χ4n) is 2.93. The summed E-state index contributed by atoms with van der Waals surface area (Å²) in [6.07, 6.45) is 1.28. The largest absolute Gasteiger partial charge is 0.389 e. The standard InChI is InChI=1S/C18H19FN2O/c1-20-12-17(22)18(14-6-4-7-15(19)11-14)21-10-9-13-5-2-3-8-16(13)21/h2-11,17-18,20,22H,12H2,1H3/t17-,18?/m1/s1. The van der Waals surface area contributed by atoms with E-state index in [0.717, 1.165) is 16.5 Å². The highest BCUT2D eigenvalue weighted by atomic mass is 19.1. The molecule has 3 nitrogen and oxygen atoms in total. The molecule has 22 heavy (non-hydrogen) atoms. The van der Waals surface area contributed by atoms with Crippen LogP contribution in [0.5, 0.6) is 0 Å². The minimum absolute atomic E-state index is 0.296. The molecule has 4 heteroatoms. The van der Waals surface area contributed by atoms with E-state index in [-0.39, 0.29) is 11.9 Å². The summed E-state index contributed by atoms with van der Waals surface area (Å²) < 4.78 is 15.6. The van der Waals surface area contributed by atoms with E-state index in [0.29, 0.717) is 6.54 Å². The molecule has 0 spiro atoms. The van der Waals surface area contributed by atoms with E-state index in [9.17, 15) is 9.50 Å². The van der Waals surface area contributed by atoms with Gasteiger partial charge in [-0.15, -0.1) is 0 Å². The number of para-hydroxylation sites is 1. The molecular weight excluding hydrogens is 279 g/mol. The Morgan fingerprint density at radius 2 is 1.95 bits per heavy atom. The number of nitrogens with one attached hydrogen (secondary N) is 1. The van der Waals surface area contributed by atoms with Gasteiger partial charge in [0, 0.05) is 18.3 Å². The van der Waals surface area contributed by atoms with Crippen LogP contribution in [0.1, 0.15) is 11.6 Å². The number of aromatic nitrogens is 1. The second-order valence-corrected chi connectivity index (χ2v) is 5.41. The van der Waals surface area contributed by atoms with Crippen molar-refractivity contribution in [1.29, 1.82) is 0 Å². The van der Waals surface area contributed by atoms with E-state index in [2.05, 4.69) is 5.32 Å². The maximum atomic E-state index is 13.6. The number of rotatable bonds is 5. The Kier molecular flexibility index (Phi) is 4.22. The normalized spacial score (nSPS) is 14.1. The maximum Gasteiger partial charge on any atom is 0.123 e. The van der Waals surface area contributed by atoms with Crippen LogP contribution in [0.3, 0.4) is 0 Å². The van der Waals surface area contributed by atoms with Gasteiger partial charge in [-0.2, -0.15) is 0 Å². The van der Waals surface area contributed by atoms with Gasteiger partial charge in [0.2, 0.25) is 0 Å². The van der Waals surface area contributed by atoms with Crippen molar-refractivity contribution in [2.45, 2.75) is 12.1 Å². The molecule has 0 fully saturated rings. The number of likely N-dealkylation sites (N-methyl/N-ethyl adjacent to an activating group) is 1. The van der Waals surface area contributed by atoms with Crippen molar-refractivity contribution in [2.24, 2.45) is 0 Å². The third-order valence-electron chi connectivity index (χ3n) is 3.90. The van der Waals surface area contributed by atoms with E-state index < -0.39 is 6.10 Å². The summed E-state index contributed by atoms with van der Waals surface area (Å²) in [7, 11) is 1.79. The highest BCUT2D eigenvalue weighted by Crippen LogP contribution is 2.28. The number of hydrogen-bond acceptors (Lipinski definition) is 2. The minimum Gasteiger partial charge on any atom is -0.389 e. The van der Waals surface area contributed by atoms with Crippen molar-refractivity contribution >= 4 is 10.9 Å². The average Bonchev–Trinajstić information content (AvgIpc) is 2.92. The van der Waals surface area contributed by atoms with Crippen molar-refractivity contribution in [3.63, 3.8) is 0 Å². The van der Waals surface area contributed by atoms with Crippen molar-refractivity contribution < 1.29 is 9.50 Å². The van der Waals surface area contributed by atoms with E-state index in [1.165, 1.54) is 12.1 Å². The number of halogens is 1. The van der Waals surface area contributed by atoms with Crippen LogP contribution in [0.25, 0.3) is 10.9 Å². The predicted molar refractivity (Wildman–Crippen MR) is 86.4 cm³/mol. The van der Waals surface area contributed by atoms with Crippen LogP contribution in [0, 0.1) is 5.82 Å². The molecule has 0 aliphatic heterocycles. The first-order chi connectivity index (χ1) is 10.7. The quantitative estimate of drug-likeness (QED) is 0.760. The molecule has 114 valence electrons. The zero-order valence-electron chi connectivity index (χ0n) is 12.4. The molecule has 3 aromatic rings. The summed E-state index contributed by atoms with van der Waals surface area (Å²) in [6, 6.07) is 16.1. The van der Waals surface area contributed by atoms with Gasteiger partial charge in [0.1, 0.15) is 5.82 Å². The van der Waals surface area contributed by atoms with E-state index in [4.69, 9.17) is 0 Å². The third-order valence-corrected chi connectivity index (χ3v) is 3.90. The highest BCUT2D eigenvalue weighted by Gasteiger charge is 2.23. The van der Waals surface area contributed by atoms with Gasteiger partial charge in [-0.3, -0.25) is 0 Å². The molecule has 1 unspecified atom stereocenters. The Bertz CT molecular complexity index is 768. The van der Waals surface area contributed by atoms with Crippen LogP contribution < -0.4 is 5.32 Å². The van der Waals surface area contributed by atoms with E-state index in [1.54, 1.807) is 13.1 Å². The number of aliphatic hydroxyl groups is 1. The summed E-state index contributed by atoms with van der Waals surface area (Å²) in [5, 5.41) is 14.7. The molecule has 3 rings (SSSR count). The Morgan fingerprint density at radius 3 is 2.73 bits per heavy atom. The molecule has 0 bridgehead atoms. The topological polar surface area (TPSA) is 37.2 Å². The van der Waals surface area contributed by atoms with Crippen LogP contribution in [-0.4, -0.2) is 29.4 Å². The lowest BCUT2D eigenvalue weighted by Crippen LogP contribution is -2.33. The SMILES string of the molecule is CNC[C@@H](O)C(c1cccc(F)c1)n1ccc2ccccc21. The zero-order valence-corrected chi connectivity index (χ0v) is 12.4. The number of aliphatic hydroxyl groups excluding tert-OH is 1. The fourth-order valence-corrected chi connectivity index (χ4v) is 2.93. The molecule has 0 saturated heterocycles. The lowest BCUT2D eigenvalue weighted by molar-refractivity contribution is 0.132. The Labute approximate surface area is 129 Å². The summed E-state index contributed by atoms with van der Waals surface area (Å²) in [6.45, 7) is 0.424. The van der Waals surface area contributed by atoms with Gasteiger partial charge in [0.05, 0.1) is 12.1 Å². The second kappa shape index (κ2) is 6.30. The van der Waals surface area contributed by atoms with Crippen LogP contribution in [-0.2, 0) is 0 Å². The fraction of sp³-hybridized carbons (Fsp3) is 0.222. The molecule has 0 radical (unpaired) electrons. The molecular formula is C18H19FN2O. The molecule has 2 aromatic carbocycles. The van der Waals surface area contributed by atoms with E-state index >= 15 is 0 Å². The van der Waals surface area contributed by atoms with Crippen molar-refractivity contribution in [3.05, 3.63) is 72.2 Å². The lowest BCUT2D eigenvalue weighted by Gasteiger charge is -2.26. The van der Waals surface area contributed by atoms with Gasteiger partial charge >= 0.3 is 0 Å². The summed E-state index contributed by atoms with van der Waals surface area (Å²) in [4.78, 5) is 0. The molecule has 0 aliphatic rings. The van der Waals surface area contributed by atoms with Crippen molar-refractivity contribution in [3.8, 4) is 0 Å². The van der Waals surface area contributed by atoms with E-state index in [1.807, 2.05) is 47.2 Å². The Morgan fingerprint density at radius 1 is 1.14 bits per heavy atom. The first-order valence-corrected chi connectivity index (χ1v) is 7.34. The summed E-state index contributed by atoms with van der Waals surface area (Å²) >= 11 is 0. The van der Waals surface area contributed by atoms with Gasteiger partial charge < -0.3 is 15.0 Å². The van der Waals surface area contributed by atoms with Gasteiger partial charge in [0.15, 0.2) is 0 Å². The van der Waals surface area contributed by atoms with Gasteiger partial charge in [-0.25, -0.2) is 4.39 Å². The highest BCUT2D eigenvalue weighted by molar-refractivity contribution is 5.80. The molecule has 0 aliphatic carbocycles. The minimum atomic E-state index is -0.664. The van der Waals surface area contributed by atoms with Crippen LogP contribution in [0.15, 0.2) is 60.8 Å². The Balaban J connectivity index is 2.13. The monoisotopic (exact) mass is 298 g/mol. The van der Waals surface area contributed by atoms with Crippen LogP contribution in [0.2, 0.25) is 0 Å². The number of hydrogen-bond donors (Lipinski definition) is 2. The van der Waals surface area contributed by atoms with Gasteiger partial charge in [-0.05, 0) is 42.3 Å². The molecule has 2 N–H and O–H groups in total. The van der Waals surface area contributed by atoms with Gasteiger partial charge in [0.25, 0.3) is 0 Å². The number of fused-ring (bicyclic) bond motifs is 1. The van der Waals surface area contributed by atoms with Crippen LogP contribution >= 0.6 is 0 Å². The molecule has 1 heterocycles.